The molecule has 1 N–H and O–H groups in total. The first kappa shape index (κ1) is 16.8. The molecule has 0 bridgehead atoms. The fourth-order valence-electron chi connectivity index (χ4n) is 2.29. The third-order valence-electron chi connectivity index (χ3n) is 3.27. The highest BCUT2D eigenvalue weighted by molar-refractivity contribution is 9.10. The van der Waals surface area contributed by atoms with Crippen LogP contribution >= 0.6 is 39.1 Å². The van der Waals surface area contributed by atoms with Gasteiger partial charge in [-0.05, 0) is 43.7 Å². The van der Waals surface area contributed by atoms with Crippen LogP contribution in [0.5, 0.6) is 0 Å². The minimum Gasteiger partial charge on any atom is -0.305 e. The number of hydrogen-bond acceptors (Lipinski definition) is 2. The third-order valence-corrected chi connectivity index (χ3v) is 4.40. The van der Waals surface area contributed by atoms with Gasteiger partial charge in [-0.3, -0.25) is 4.68 Å². The molecule has 2 rings (SSSR count). The van der Waals surface area contributed by atoms with E-state index in [1.165, 1.54) is 0 Å². The summed E-state index contributed by atoms with van der Waals surface area (Å²) in [7, 11) is 0. The Bertz CT molecular complexity index is 613. The Morgan fingerprint density at radius 3 is 2.71 bits per heavy atom. The average molecular weight is 391 g/mol. The monoisotopic (exact) mass is 389 g/mol. The van der Waals surface area contributed by atoms with Crippen molar-refractivity contribution in [1.82, 2.24) is 15.1 Å². The molecule has 0 saturated heterocycles. The first-order chi connectivity index (χ1) is 10.1. The van der Waals surface area contributed by atoms with E-state index in [9.17, 15) is 0 Å². The van der Waals surface area contributed by atoms with Gasteiger partial charge in [-0.25, -0.2) is 0 Å². The molecule has 21 heavy (non-hydrogen) atoms. The highest BCUT2D eigenvalue weighted by atomic mass is 79.9. The van der Waals surface area contributed by atoms with Crippen LogP contribution in [0.2, 0.25) is 10.0 Å². The smallest absolute Gasteiger partial charge is 0.0837 e. The van der Waals surface area contributed by atoms with Crippen LogP contribution in [0.3, 0.4) is 0 Å². The zero-order chi connectivity index (χ0) is 15.4. The van der Waals surface area contributed by atoms with Crippen LogP contribution in [0, 0.1) is 0 Å². The first-order valence-electron chi connectivity index (χ1n) is 6.98. The van der Waals surface area contributed by atoms with Crippen LogP contribution in [0.4, 0.5) is 0 Å². The van der Waals surface area contributed by atoms with Crippen LogP contribution < -0.4 is 5.32 Å². The van der Waals surface area contributed by atoms with Gasteiger partial charge >= 0.3 is 0 Å². The summed E-state index contributed by atoms with van der Waals surface area (Å²) in [5.74, 6) is 0. The van der Waals surface area contributed by atoms with Crippen LogP contribution in [0.25, 0.3) is 0 Å². The fraction of sp³-hybridized carbons (Fsp3) is 0.400. The number of aromatic nitrogens is 2. The molecule has 0 aliphatic heterocycles. The number of rotatable bonds is 6. The second-order valence-corrected chi connectivity index (χ2v) is 6.48. The maximum atomic E-state index is 6.40. The molecule has 0 fully saturated rings. The van der Waals surface area contributed by atoms with Gasteiger partial charge in [0.25, 0.3) is 0 Å². The van der Waals surface area contributed by atoms with Crippen molar-refractivity contribution < 1.29 is 0 Å². The summed E-state index contributed by atoms with van der Waals surface area (Å²) in [5.41, 5.74) is 1.95. The Balaban J connectivity index is 2.52. The van der Waals surface area contributed by atoms with Crippen molar-refractivity contribution >= 4 is 39.1 Å². The van der Waals surface area contributed by atoms with Gasteiger partial charge in [0, 0.05) is 16.0 Å². The van der Waals surface area contributed by atoms with Crippen molar-refractivity contribution in [3.63, 3.8) is 0 Å². The fourth-order valence-corrected chi connectivity index (χ4v) is 3.15. The molecule has 0 aliphatic rings. The number of hydrogen-bond donors (Lipinski definition) is 1. The minimum absolute atomic E-state index is 0.0788. The van der Waals surface area contributed by atoms with E-state index in [1.807, 2.05) is 29.8 Å². The van der Waals surface area contributed by atoms with Gasteiger partial charge in [-0.2, -0.15) is 5.10 Å². The Morgan fingerprint density at radius 1 is 1.29 bits per heavy atom. The van der Waals surface area contributed by atoms with Gasteiger partial charge in [-0.15, -0.1) is 0 Å². The molecular weight excluding hydrogens is 373 g/mol. The molecule has 0 aliphatic carbocycles. The summed E-state index contributed by atoms with van der Waals surface area (Å²) < 4.78 is 2.90. The molecule has 1 aromatic heterocycles. The van der Waals surface area contributed by atoms with E-state index in [4.69, 9.17) is 23.2 Å². The van der Waals surface area contributed by atoms with Crippen LogP contribution in [-0.2, 0) is 6.54 Å². The number of aryl methyl sites for hydroxylation is 1. The topological polar surface area (TPSA) is 29.9 Å². The summed E-state index contributed by atoms with van der Waals surface area (Å²) in [6, 6.07) is 5.77. The van der Waals surface area contributed by atoms with Crippen LogP contribution in [-0.4, -0.2) is 16.3 Å². The molecule has 114 valence electrons. The maximum absolute atomic E-state index is 6.40. The molecule has 0 saturated carbocycles. The third kappa shape index (κ3) is 3.81. The second-order valence-electron chi connectivity index (χ2n) is 4.75. The van der Waals surface area contributed by atoms with E-state index in [0.29, 0.717) is 10.0 Å². The molecule has 1 aromatic carbocycles. The zero-order valence-corrected chi connectivity index (χ0v) is 15.1. The lowest BCUT2D eigenvalue weighted by Crippen LogP contribution is -2.26. The minimum atomic E-state index is -0.0788. The number of halogens is 3. The molecule has 3 nitrogen and oxygen atoms in total. The van der Waals surface area contributed by atoms with Crippen molar-refractivity contribution in [2.75, 3.05) is 6.54 Å². The molecule has 0 radical (unpaired) electrons. The Morgan fingerprint density at radius 2 is 2.05 bits per heavy atom. The second kappa shape index (κ2) is 7.63. The normalized spacial score (nSPS) is 12.6. The van der Waals surface area contributed by atoms with E-state index in [0.717, 1.165) is 35.2 Å². The predicted molar refractivity (Wildman–Crippen MR) is 92.2 cm³/mol. The number of nitrogens with one attached hydrogen (secondary N) is 1. The number of nitrogens with zero attached hydrogens (tertiary/aromatic N) is 2. The lowest BCUT2D eigenvalue weighted by atomic mass is 10.0. The summed E-state index contributed by atoms with van der Waals surface area (Å²) in [5, 5.41) is 9.22. The maximum Gasteiger partial charge on any atom is 0.0837 e. The molecule has 6 heteroatoms. The average Bonchev–Trinajstić information content (AvgIpc) is 2.84. The molecule has 0 spiro atoms. The van der Waals surface area contributed by atoms with Crippen molar-refractivity contribution in [1.29, 1.82) is 0 Å². The van der Waals surface area contributed by atoms with Gasteiger partial charge in [0.05, 0.1) is 23.0 Å². The molecule has 1 atom stereocenters. The van der Waals surface area contributed by atoms with Crippen LogP contribution in [0.15, 0.2) is 28.9 Å². The van der Waals surface area contributed by atoms with Crippen molar-refractivity contribution in [2.45, 2.75) is 32.9 Å². The largest absolute Gasteiger partial charge is 0.305 e. The first-order valence-corrected chi connectivity index (χ1v) is 8.52. The molecule has 0 amide bonds. The van der Waals surface area contributed by atoms with E-state index in [-0.39, 0.29) is 6.04 Å². The van der Waals surface area contributed by atoms with Crippen molar-refractivity contribution in [3.05, 3.63) is 50.2 Å². The quantitative estimate of drug-likeness (QED) is 0.746. The standard InChI is InChI=1S/C15H18BrCl2N3/c1-3-7-19-14(11-8-10(16)5-6-12(11)17)15-13(18)9-20-21(15)4-2/h5-6,8-9,14,19H,3-4,7H2,1-2H3. The van der Waals surface area contributed by atoms with Gasteiger partial charge in [-0.1, -0.05) is 46.1 Å². The summed E-state index contributed by atoms with van der Waals surface area (Å²) in [4.78, 5) is 0. The highest BCUT2D eigenvalue weighted by Crippen LogP contribution is 2.34. The van der Waals surface area contributed by atoms with Gasteiger partial charge in [0.2, 0.25) is 0 Å². The van der Waals surface area contributed by atoms with Crippen molar-refractivity contribution in [2.24, 2.45) is 0 Å². The summed E-state index contributed by atoms with van der Waals surface area (Å²) in [6.45, 7) is 5.81. The molecule has 1 unspecified atom stereocenters. The zero-order valence-electron chi connectivity index (χ0n) is 12.0. The lowest BCUT2D eigenvalue weighted by molar-refractivity contribution is 0.530. The predicted octanol–water partition coefficient (Wildman–Crippen LogP) is 5.06. The van der Waals surface area contributed by atoms with Gasteiger partial charge < -0.3 is 5.32 Å². The van der Waals surface area contributed by atoms with Gasteiger partial charge in [0.15, 0.2) is 0 Å². The van der Waals surface area contributed by atoms with Crippen LogP contribution in [0.1, 0.15) is 37.6 Å². The Labute approximate surface area is 143 Å². The number of benzene rings is 1. The SMILES string of the molecule is CCCNC(c1cc(Br)ccc1Cl)c1c(Cl)cnn1CC. The van der Waals surface area contributed by atoms with E-state index >= 15 is 0 Å². The highest BCUT2D eigenvalue weighted by Gasteiger charge is 2.23. The van der Waals surface area contributed by atoms with Gasteiger partial charge in [0.1, 0.15) is 0 Å². The lowest BCUT2D eigenvalue weighted by Gasteiger charge is -2.22. The van der Waals surface area contributed by atoms with E-state index in [1.54, 1.807) is 6.20 Å². The van der Waals surface area contributed by atoms with E-state index in [2.05, 4.69) is 33.3 Å². The molecule has 1 heterocycles. The molecular formula is C15H18BrCl2N3. The Hall–Kier alpha value is -0.550. The van der Waals surface area contributed by atoms with E-state index < -0.39 is 0 Å². The summed E-state index contributed by atoms with van der Waals surface area (Å²) in [6.07, 6.45) is 2.72. The molecule has 2 aromatic rings. The summed E-state index contributed by atoms with van der Waals surface area (Å²) >= 11 is 16.3. The Kier molecular flexibility index (Phi) is 6.11. The van der Waals surface area contributed by atoms with Crippen molar-refractivity contribution in [3.8, 4) is 0 Å².